The van der Waals surface area contributed by atoms with E-state index in [9.17, 15) is 9.59 Å². The smallest absolute Gasteiger partial charge is 0.261 e. The van der Waals surface area contributed by atoms with Crippen LogP contribution in [0.4, 0.5) is 0 Å². The van der Waals surface area contributed by atoms with Crippen LogP contribution in [0.15, 0.2) is 17.5 Å². The molecule has 0 spiro atoms. The van der Waals surface area contributed by atoms with E-state index in [1.54, 1.807) is 6.07 Å². The Balaban J connectivity index is 1.76. The Morgan fingerprint density at radius 3 is 2.85 bits per heavy atom. The predicted octanol–water partition coefficient (Wildman–Crippen LogP) is 2.42. The molecule has 1 aliphatic carbocycles. The summed E-state index contributed by atoms with van der Waals surface area (Å²) in [7, 11) is 0. The maximum absolute atomic E-state index is 11.9. The Morgan fingerprint density at radius 1 is 1.35 bits per heavy atom. The number of rotatable bonds is 4. The monoisotopic (exact) mass is 294 g/mol. The van der Waals surface area contributed by atoms with E-state index in [1.807, 2.05) is 11.4 Å². The van der Waals surface area contributed by atoms with Crippen LogP contribution in [0.25, 0.3) is 0 Å². The molecule has 0 aliphatic heterocycles. The van der Waals surface area contributed by atoms with Crippen molar-refractivity contribution in [1.82, 2.24) is 10.6 Å². The van der Waals surface area contributed by atoms with Gasteiger partial charge in [-0.2, -0.15) is 0 Å². The maximum atomic E-state index is 11.9. The first-order chi connectivity index (χ1) is 9.58. The van der Waals surface area contributed by atoms with Crippen LogP contribution < -0.4 is 10.6 Å². The molecule has 0 bridgehead atoms. The number of carbonyl (C=O) groups is 2. The van der Waals surface area contributed by atoms with Crippen molar-refractivity contribution >= 4 is 23.2 Å². The first kappa shape index (κ1) is 15.0. The molecule has 20 heavy (non-hydrogen) atoms. The number of thiophene rings is 1. The summed E-state index contributed by atoms with van der Waals surface area (Å²) in [5.74, 6) is 0.872. The van der Waals surface area contributed by atoms with Gasteiger partial charge < -0.3 is 10.6 Å². The number of nitrogens with one attached hydrogen (secondary N) is 2. The minimum absolute atomic E-state index is 0.0499. The number of hydrogen-bond donors (Lipinski definition) is 2. The molecule has 3 atom stereocenters. The van der Waals surface area contributed by atoms with Crippen molar-refractivity contribution in [2.75, 3.05) is 6.54 Å². The van der Waals surface area contributed by atoms with Gasteiger partial charge in [0, 0.05) is 6.04 Å². The van der Waals surface area contributed by atoms with Crippen LogP contribution >= 0.6 is 11.3 Å². The van der Waals surface area contributed by atoms with Crippen molar-refractivity contribution in [3.8, 4) is 0 Å². The lowest BCUT2D eigenvalue weighted by atomic mass is 9.78. The quantitative estimate of drug-likeness (QED) is 0.896. The fraction of sp³-hybridized carbons (Fsp3) is 0.600. The highest BCUT2D eigenvalue weighted by Gasteiger charge is 2.28. The Hall–Kier alpha value is -1.36. The molecular weight excluding hydrogens is 272 g/mol. The summed E-state index contributed by atoms with van der Waals surface area (Å²) in [5.41, 5.74) is 0. The van der Waals surface area contributed by atoms with Gasteiger partial charge in [-0.15, -0.1) is 11.3 Å². The van der Waals surface area contributed by atoms with Crippen LogP contribution in [-0.2, 0) is 4.79 Å². The second-order valence-corrected chi connectivity index (χ2v) is 6.55. The van der Waals surface area contributed by atoms with Crippen LogP contribution in [0.5, 0.6) is 0 Å². The van der Waals surface area contributed by atoms with Crippen molar-refractivity contribution in [2.45, 2.75) is 39.2 Å². The molecule has 1 aromatic rings. The highest BCUT2D eigenvalue weighted by Crippen LogP contribution is 2.29. The van der Waals surface area contributed by atoms with Gasteiger partial charge in [0.25, 0.3) is 5.91 Å². The maximum Gasteiger partial charge on any atom is 0.261 e. The van der Waals surface area contributed by atoms with Crippen LogP contribution in [0, 0.1) is 11.8 Å². The molecule has 2 N–H and O–H groups in total. The van der Waals surface area contributed by atoms with Crippen molar-refractivity contribution in [3.05, 3.63) is 22.4 Å². The molecule has 1 saturated carbocycles. The van der Waals surface area contributed by atoms with Gasteiger partial charge in [0.15, 0.2) is 0 Å². The average molecular weight is 294 g/mol. The Kier molecular flexibility index (Phi) is 5.17. The Bertz CT molecular complexity index is 458. The van der Waals surface area contributed by atoms with E-state index < -0.39 is 0 Å². The van der Waals surface area contributed by atoms with Gasteiger partial charge in [0.2, 0.25) is 5.91 Å². The average Bonchev–Trinajstić information content (AvgIpc) is 2.95. The fourth-order valence-electron chi connectivity index (χ4n) is 2.70. The summed E-state index contributed by atoms with van der Waals surface area (Å²) in [6.07, 6.45) is 3.44. The van der Waals surface area contributed by atoms with Gasteiger partial charge in [0.1, 0.15) is 0 Å². The van der Waals surface area contributed by atoms with Gasteiger partial charge >= 0.3 is 0 Å². The third-order valence-electron chi connectivity index (χ3n) is 4.21. The molecule has 5 heteroatoms. The summed E-state index contributed by atoms with van der Waals surface area (Å²) in [5, 5.41) is 7.56. The minimum atomic E-state index is -0.180. The lowest BCUT2D eigenvalue weighted by molar-refractivity contribution is -0.121. The highest BCUT2D eigenvalue weighted by molar-refractivity contribution is 7.12. The zero-order valence-corrected chi connectivity index (χ0v) is 12.8. The molecule has 2 amide bonds. The first-order valence-corrected chi connectivity index (χ1v) is 8.07. The van der Waals surface area contributed by atoms with E-state index in [2.05, 4.69) is 24.5 Å². The predicted molar refractivity (Wildman–Crippen MR) is 80.8 cm³/mol. The van der Waals surface area contributed by atoms with Crippen molar-refractivity contribution in [3.63, 3.8) is 0 Å². The molecule has 110 valence electrons. The zero-order valence-electron chi connectivity index (χ0n) is 12.0. The van der Waals surface area contributed by atoms with Crippen LogP contribution in [0.1, 0.15) is 42.8 Å². The minimum Gasteiger partial charge on any atom is -0.352 e. The molecule has 1 fully saturated rings. The van der Waals surface area contributed by atoms with Crippen molar-refractivity contribution < 1.29 is 9.59 Å². The molecule has 0 radical (unpaired) electrons. The van der Waals surface area contributed by atoms with Crippen LogP contribution in [0.2, 0.25) is 0 Å². The zero-order chi connectivity index (χ0) is 14.5. The van der Waals surface area contributed by atoms with E-state index in [0.29, 0.717) is 16.7 Å². The van der Waals surface area contributed by atoms with E-state index in [0.717, 1.165) is 12.8 Å². The normalized spacial score (nSPS) is 26.0. The molecule has 1 aliphatic rings. The van der Waals surface area contributed by atoms with Crippen molar-refractivity contribution in [1.29, 1.82) is 0 Å². The molecule has 0 aromatic carbocycles. The molecule has 2 rings (SSSR count). The van der Waals surface area contributed by atoms with E-state index in [-0.39, 0.29) is 24.4 Å². The molecular formula is C15H22N2O2S. The summed E-state index contributed by atoms with van der Waals surface area (Å²) < 4.78 is 0. The molecule has 0 saturated heterocycles. The highest BCUT2D eigenvalue weighted by atomic mass is 32.1. The molecule has 4 nitrogen and oxygen atoms in total. The topological polar surface area (TPSA) is 58.2 Å². The number of hydrogen-bond acceptors (Lipinski definition) is 3. The lowest BCUT2D eigenvalue weighted by Gasteiger charge is -2.34. The number of carbonyl (C=O) groups excluding carboxylic acids is 2. The van der Waals surface area contributed by atoms with Gasteiger partial charge in [-0.3, -0.25) is 9.59 Å². The van der Waals surface area contributed by atoms with Crippen LogP contribution in [-0.4, -0.2) is 24.4 Å². The fourth-order valence-corrected chi connectivity index (χ4v) is 3.34. The second kappa shape index (κ2) is 6.88. The number of amides is 2. The van der Waals surface area contributed by atoms with E-state index >= 15 is 0 Å². The molecule has 1 aromatic heterocycles. The van der Waals surface area contributed by atoms with E-state index in [4.69, 9.17) is 0 Å². The van der Waals surface area contributed by atoms with Crippen LogP contribution in [0.3, 0.4) is 0 Å². The Morgan fingerprint density at radius 2 is 2.15 bits per heavy atom. The standard InChI is InChI=1S/C15H22N2O2S/c1-10-5-3-6-12(11(10)2)17-14(18)9-16-15(19)13-7-4-8-20-13/h4,7-8,10-12H,3,5-6,9H2,1-2H3,(H,16,19)(H,17,18)/t10-,11-,12-/m1/s1. The van der Waals surface area contributed by atoms with Gasteiger partial charge in [-0.1, -0.05) is 32.8 Å². The van der Waals surface area contributed by atoms with Gasteiger partial charge in [-0.05, 0) is 29.7 Å². The Labute approximate surface area is 124 Å². The van der Waals surface area contributed by atoms with E-state index in [1.165, 1.54) is 17.8 Å². The van der Waals surface area contributed by atoms with Crippen molar-refractivity contribution in [2.24, 2.45) is 11.8 Å². The SMILES string of the molecule is C[C@@H]1[C@H](C)CCC[C@H]1NC(=O)CNC(=O)c1cccs1. The van der Waals surface area contributed by atoms with Gasteiger partial charge in [0.05, 0.1) is 11.4 Å². The second-order valence-electron chi connectivity index (χ2n) is 5.60. The lowest BCUT2D eigenvalue weighted by Crippen LogP contribution is -2.47. The van der Waals surface area contributed by atoms with Gasteiger partial charge in [-0.25, -0.2) is 0 Å². The summed E-state index contributed by atoms with van der Waals surface area (Å²) >= 11 is 1.38. The third kappa shape index (κ3) is 3.82. The molecule has 0 unspecified atom stereocenters. The summed E-state index contributed by atoms with van der Waals surface area (Å²) in [6, 6.07) is 3.82. The third-order valence-corrected chi connectivity index (χ3v) is 5.08. The largest absolute Gasteiger partial charge is 0.352 e. The summed E-state index contributed by atoms with van der Waals surface area (Å²) in [6.45, 7) is 4.48. The molecule has 1 heterocycles. The summed E-state index contributed by atoms with van der Waals surface area (Å²) in [4.78, 5) is 24.3. The first-order valence-electron chi connectivity index (χ1n) is 7.19.